The predicted octanol–water partition coefficient (Wildman–Crippen LogP) is 1.40. The molecule has 0 atom stereocenters. The topological polar surface area (TPSA) is 72.0 Å². The molecule has 3 N–H and O–H groups in total. The van der Waals surface area contributed by atoms with Gasteiger partial charge in [0, 0.05) is 18.9 Å². The third-order valence-corrected chi connectivity index (χ3v) is 5.61. The Hall–Kier alpha value is -1.18. The van der Waals surface area contributed by atoms with Crippen molar-refractivity contribution in [3.8, 4) is 5.75 Å². The number of hydrogen-bond donors (Lipinski definition) is 2. The van der Waals surface area contributed by atoms with Crippen LogP contribution in [-0.2, 0) is 10.0 Å². The summed E-state index contributed by atoms with van der Waals surface area (Å²) >= 11 is 0. The average molecular weight is 345 g/mol. The van der Waals surface area contributed by atoms with Crippen LogP contribution in [0.5, 0.6) is 5.75 Å². The number of hydrogen-bond acceptors (Lipinski definition) is 3. The van der Waals surface area contributed by atoms with Crippen molar-refractivity contribution in [3.63, 3.8) is 0 Å². The fraction of sp³-hybridized carbons (Fsp3) is 0.625. The van der Waals surface area contributed by atoms with E-state index in [-0.39, 0.29) is 27.8 Å². The Morgan fingerprint density at radius 2 is 1.78 bits per heavy atom. The van der Waals surface area contributed by atoms with Crippen LogP contribution >= 0.6 is 0 Å². The smallest absolute Gasteiger partial charge is 0.244 e. The zero-order chi connectivity index (χ0) is 17.5. The summed E-state index contributed by atoms with van der Waals surface area (Å²) in [4.78, 5) is -0.162. The molecule has 0 radical (unpaired) electrons. The number of piperidine rings is 1. The third kappa shape index (κ3) is 4.43. The second-order valence-corrected chi connectivity index (χ2v) is 9.33. The maximum Gasteiger partial charge on any atom is 0.244 e. The van der Waals surface area contributed by atoms with Crippen LogP contribution in [0.4, 0.5) is 4.39 Å². The number of benzene rings is 1. The fourth-order valence-electron chi connectivity index (χ4n) is 3.74. The average Bonchev–Trinajstić information content (AvgIpc) is 2.34. The summed E-state index contributed by atoms with van der Waals surface area (Å²) in [6.45, 7) is 8.38. The highest BCUT2D eigenvalue weighted by atomic mass is 32.2. The first kappa shape index (κ1) is 18.2. The number of methoxy groups -OCH3 is 1. The highest BCUT2D eigenvalue weighted by Gasteiger charge is 2.43. The van der Waals surface area contributed by atoms with Crippen molar-refractivity contribution in [2.75, 3.05) is 7.11 Å². The summed E-state index contributed by atoms with van der Waals surface area (Å²) in [5, 5.41) is 2.27. The molecule has 2 rings (SSSR count). The number of nitrogens with two attached hydrogens (primary N) is 1. The van der Waals surface area contributed by atoms with Gasteiger partial charge in [-0.25, -0.2) is 17.5 Å². The number of nitrogens with one attached hydrogen (secondary N) is 1. The van der Waals surface area contributed by atoms with Crippen molar-refractivity contribution < 1.29 is 22.9 Å². The molecular formula is C16H26FN2O3S+. The first-order valence-corrected chi connectivity index (χ1v) is 9.15. The van der Waals surface area contributed by atoms with Crippen LogP contribution in [0.25, 0.3) is 0 Å². The normalized spacial score (nSPS) is 21.1. The summed E-state index contributed by atoms with van der Waals surface area (Å²) in [7, 11) is -2.49. The number of quaternary nitrogens is 1. The van der Waals surface area contributed by atoms with Crippen LogP contribution in [0.15, 0.2) is 23.1 Å². The molecule has 0 unspecified atom stereocenters. The first-order valence-electron chi connectivity index (χ1n) is 7.67. The molecule has 0 spiro atoms. The monoisotopic (exact) mass is 345 g/mol. The van der Waals surface area contributed by atoms with Crippen LogP contribution < -0.4 is 14.8 Å². The van der Waals surface area contributed by atoms with Crippen molar-refractivity contribution in [1.82, 2.24) is 4.72 Å². The molecule has 5 nitrogen and oxygen atoms in total. The van der Waals surface area contributed by atoms with E-state index in [2.05, 4.69) is 37.7 Å². The van der Waals surface area contributed by atoms with Crippen LogP contribution in [0, 0.1) is 5.82 Å². The maximum atomic E-state index is 13.5. The van der Waals surface area contributed by atoms with Gasteiger partial charge in [0.15, 0.2) is 0 Å². The molecule has 1 saturated heterocycles. The molecule has 1 aliphatic rings. The molecule has 1 heterocycles. The van der Waals surface area contributed by atoms with Gasteiger partial charge in [0.1, 0.15) is 16.5 Å². The van der Waals surface area contributed by atoms with E-state index < -0.39 is 15.8 Å². The van der Waals surface area contributed by atoms with E-state index in [1.165, 1.54) is 19.2 Å². The minimum atomic E-state index is -3.85. The minimum Gasteiger partial charge on any atom is -0.495 e. The molecule has 0 aliphatic carbocycles. The lowest BCUT2D eigenvalue weighted by atomic mass is 9.80. The molecule has 0 bridgehead atoms. The lowest BCUT2D eigenvalue weighted by molar-refractivity contribution is -0.787. The lowest BCUT2D eigenvalue weighted by Crippen LogP contribution is -3.06. The number of ether oxygens (including phenoxy) is 1. The SMILES string of the molecule is COc1ccc(F)cc1S(=O)(=O)NC1CC(C)(C)[NH2+]C(C)(C)C1. The molecule has 0 aromatic heterocycles. The number of sulfonamides is 1. The van der Waals surface area contributed by atoms with E-state index in [0.717, 1.165) is 6.07 Å². The molecule has 1 aliphatic heterocycles. The Morgan fingerprint density at radius 3 is 2.30 bits per heavy atom. The van der Waals surface area contributed by atoms with Crippen molar-refractivity contribution in [2.24, 2.45) is 0 Å². The van der Waals surface area contributed by atoms with Gasteiger partial charge in [0.25, 0.3) is 0 Å². The Morgan fingerprint density at radius 1 is 1.22 bits per heavy atom. The third-order valence-electron chi connectivity index (χ3n) is 4.06. The van der Waals surface area contributed by atoms with Gasteiger partial charge < -0.3 is 10.1 Å². The van der Waals surface area contributed by atoms with E-state index >= 15 is 0 Å². The molecule has 0 saturated carbocycles. The largest absolute Gasteiger partial charge is 0.495 e. The van der Waals surface area contributed by atoms with E-state index in [1.807, 2.05) is 0 Å². The highest BCUT2D eigenvalue weighted by molar-refractivity contribution is 7.89. The summed E-state index contributed by atoms with van der Waals surface area (Å²) in [6, 6.07) is 3.29. The van der Waals surface area contributed by atoms with Crippen molar-refractivity contribution in [3.05, 3.63) is 24.0 Å². The standard InChI is InChI=1S/C16H25FN2O3S/c1-15(2)9-12(10-16(3,4)19-15)18-23(20,21)14-8-11(17)6-7-13(14)22-5/h6-8,12,18-19H,9-10H2,1-5H3/p+1. The molecule has 1 aromatic carbocycles. The quantitative estimate of drug-likeness (QED) is 0.866. The molecule has 1 aromatic rings. The zero-order valence-electron chi connectivity index (χ0n) is 14.3. The van der Waals surface area contributed by atoms with Crippen molar-refractivity contribution >= 4 is 10.0 Å². The Kier molecular flexibility index (Phi) is 4.76. The van der Waals surface area contributed by atoms with E-state index in [4.69, 9.17) is 4.74 Å². The fourth-order valence-corrected chi connectivity index (χ4v) is 5.16. The first-order chi connectivity index (χ1) is 10.4. The summed E-state index contributed by atoms with van der Waals surface area (Å²) in [5.41, 5.74) is -0.137. The van der Waals surface area contributed by atoms with E-state index in [1.54, 1.807) is 0 Å². The van der Waals surface area contributed by atoms with Gasteiger partial charge in [-0.2, -0.15) is 0 Å². The lowest BCUT2D eigenvalue weighted by Gasteiger charge is -2.43. The van der Waals surface area contributed by atoms with Gasteiger partial charge in [-0.05, 0) is 45.9 Å². The molecule has 1 fully saturated rings. The van der Waals surface area contributed by atoms with Crippen LogP contribution in [0.1, 0.15) is 40.5 Å². The summed E-state index contributed by atoms with van der Waals surface area (Å²) in [5.74, 6) is -0.469. The second kappa shape index (κ2) is 6.03. The molecule has 130 valence electrons. The molecule has 0 amide bonds. The Balaban J connectivity index is 2.30. The molecule has 7 heteroatoms. The summed E-state index contributed by atoms with van der Waals surface area (Å²) < 4.78 is 46.7. The Labute approximate surface area is 137 Å². The van der Waals surface area contributed by atoms with Gasteiger partial charge in [-0.3, -0.25) is 0 Å². The molecular weight excluding hydrogens is 319 g/mol. The van der Waals surface area contributed by atoms with Gasteiger partial charge in [0.05, 0.1) is 18.2 Å². The predicted molar refractivity (Wildman–Crippen MR) is 86.4 cm³/mol. The van der Waals surface area contributed by atoms with Crippen molar-refractivity contribution in [1.29, 1.82) is 0 Å². The number of rotatable bonds is 4. The highest BCUT2D eigenvalue weighted by Crippen LogP contribution is 2.27. The van der Waals surface area contributed by atoms with Crippen LogP contribution in [0.2, 0.25) is 0 Å². The van der Waals surface area contributed by atoms with E-state index in [0.29, 0.717) is 12.8 Å². The molecule has 23 heavy (non-hydrogen) atoms. The van der Waals surface area contributed by atoms with Crippen molar-refractivity contribution in [2.45, 2.75) is 62.6 Å². The maximum absolute atomic E-state index is 13.5. The van der Waals surface area contributed by atoms with Gasteiger partial charge in [-0.15, -0.1) is 0 Å². The van der Waals surface area contributed by atoms with Gasteiger partial charge in [-0.1, -0.05) is 0 Å². The van der Waals surface area contributed by atoms with E-state index in [9.17, 15) is 12.8 Å². The number of halogens is 1. The van der Waals surface area contributed by atoms with Crippen LogP contribution in [0.3, 0.4) is 0 Å². The van der Waals surface area contributed by atoms with Crippen LogP contribution in [-0.4, -0.2) is 32.6 Å². The zero-order valence-corrected chi connectivity index (χ0v) is 15.1. The minimum absolute atomic E-state index is 0.0685. The summed E-state index contributed by atoms with van der Waals surface area (Å²) in [6.07, 6.45) is 1.40. The van der Waals surface area contributed by atoms with Gasteiger partial charge >= 0.3 is 0 Å². The second-order valence-electron chi connectivity index (χ2n) is 7.64. The Bertz CT molecular complexity index is 671. The van der Waals surface area contributed by atoms with Gasteiger partial charge in [0.2, 0.25) is 10.0 Å².